The van der Waals surface area contributed by atoms with Crippen LogP contribution in [0.2, 0.25) is 5.82 Å². The van der Waals surface area contributed by atoms with E-state index in [0.717, 1.165) is 17.3 Å². The molecule has 0 bridgehead atoms. The molecule has 5 aliphatic rings. The van der Waals surface area contributed by atoms with Gasteiger partial charge in [-0.3, -0.25) is 19.4 Å². The van der Waals surface area contributed by atoms with Crippen LogP contribution in [0.5, 0.6) is 11.5 Å². The largest absolute Gasteiger partial charge is 0.461 e. The number of aliphatic imine (C=N–C) groups is 2. The molecule has 3 aliphatic heterocycles. The standard InChI is InChI=1S/C20H19F2N3O2.C17H14BrF2N3O2.C9H17BO2.CH4/c1-25-17(26)20(24-19(25)23,14-7-9-16(10-8-14)27-18(21)22)15-4-2-3-13(11-15)12-5-6-12;1-23-14(24)17(22-16(23)21,11-3-2-4-12(18)9-11)10-5-7-13(8-6-10)25-15(19)20;1-8(2)9(3,4)12-10(11-8)7-5-6-7;/h2-4,7-12,18H,5-6H2,1H3,(H2,23,24);2-9,15H,1H3,(H2,21,22);7H,5-6H2,1-4H3;1H4. The van der Waals surface area contributed by atoms with Crippen LogP contribution in [0.1, 0.15) is 94.5 Å². The number of guanidine groups is 2. The Morgan fingerprint density at radius 1 is 0.662 bits per heavy atom. The van der Waals surface area contributed by atoms with Gasteiger partial charge in [0.25, 0.3) is 11.8 Å². The smallest absolute Gasteiger partial charge is 0.435 e. The number of halogens is 5. The lowest BCUT2D eigenvalue weighted by atomic mass is 9.82. The SMILES string of the molecule is C.CC1(C)OB(C2CC2)OC1(C)C.CN1C(=O)C(c2ccc(OC(F)F)cc2)(c2cccc(Br)c2)N=C1N.CN1C(=O)C(c2ccc(OC(F)F)cc2)(c2cccc(C3CC3)c2)N=C1N. The van der Waals surface area contributed by atoms with Crippen molar-refractivity contribution >= 4 is 46.8 Å². The quantitative estimate of drug-likeness (QED) is 0.118. The van der Waals surface area contributed by atoms with Crippen molar-refractivity contribution in [2.24, 2.45) is 21.5 Å². The van der Waals surface area contributed by atoms with Gasteiger partial charge in [0, 0.05) is 18.6 Å². The summed E-state index contributed by atoms with van der Waals surface area (Å²) in [7, 11) is 3.17. The van der Waals surface area contributed by atoms with Crippen LogP contribution in [0.3, 0.4) is 0 Å². The number of carbonyl (C=O) groups excluding carboxylic acids is 2. The highest BCUT2D eigenvalue weighted by Crippen LogP contribution is 2.49. The molecule has 2 aliphatic carbocycles. The maximum Gasteiger partial charge on any atom is 0.461 e. The molecule has 0 spiro atoms. The third-order valence-corrected chi connectivity index (χ3v) is 12.8. The molecular formula is C47H54BBrF4N6O6. The van der Waals surface area contributed by atoms with Gasteiger partial charge in [0.05, 0.1) is 11.2 Å². The summed E-state index contributed by atoms with van der Waals surface area (Å²) in [4.78, 5) is 37.7. The summed E-state index contributed by atoms with van der Waals surface area (Å²) >= 11 is 3.39. The van der Waals surface area contributed by atoms with Crippen LogP contribution >= 0.6 is 15.9 Å². The molecule has 9 rings (SSSR count). The van der Waals surface area contributed by atoms with Crippen molar-refractivity contribution in [3.8, 4) is 11.5 Å². The fourth-order valence-corrected chi connectivity index (χ4v) is 8.12. The molecule has 4 aromatic carbocycles. The molecule has 0 radical (unpaired) electrons. The van der Waals surface area contributed by atoms with Gasteiger partial charge in [-0.15, -0.1) is 0 Å². The molecule has 1 saturated heterocycles. The fourth-order valence-electron chi connectivity index (χ4n) is 7.72. The van der Waals surface area contributed by atoms with Gasteiger partial charge >= 0.3 is 20.3 Å². The predicted molar refractivity (Wildman–Crippen MR) is 245 cm³/mol. The molecular weight excluding hydrogens is 911 g/mol. The van der Waals surface area contributed by atoms with Gasteiger partial charge in [-0.05, 0) is 116 Å². The number of rotatable bonds is 10. The Hall–Kier alpha value is -5.46. The second-order valence-electron chi connectivity index (χ2n) is 17.3. The van der Waals surface area contributed by atoms with Gasteiger partial charge in [-0.1, -0.05) is 96.9 Å². The first-order chi connectivity index (χ1) is 30.2. The lowest BCUT2D eigenvalue weighted by Gasteiger charge is -2.32. The molecule has 65 heavy (non-hydrogen) atoms. The van der Waals surface area contributed by atoms with Crippen LogP contribution in [0, 0.1) is 0 Å². The third-order valence-electron chi connectivity index (χ3n) is 12.3. The van der Waals surface area contributed by atoms with E-state index in [1.807, 2.05) is 30.3 Å². The van der Waals surface area contributed by atoms with Crippen molar-refractivity contribution in [3.63, 3.8) is 0 Å². The molecule has 346 valence electrons. The Morgan fingerprint density at radius 2 is 1.08 bits per heavy atom. The first-order valence-electron chi connectivity index (χ1n) is 20.8. The highest BCUT2D eigenvalue weighted by molar-refractivity contribution is 9.10. The van der Waals surface area contributed by atoms with Gasteiger partial charge in [0.1, 0.15) is 11.5 Å². The van der Waals surface area contributed by atoms with Gasteiger partial charge in [0.15, 0.2) is 23.0 Å². The van der Waals surface area contributed by atoms with Crippen LogP contribution < -0.4 is 20.9 Å². The normalized spacial score (nSPS) is 23.0. The first kappa shape index (κ1) is 49.0. The van der Waals surface area contributed by atoms with Gasteiger partial charge in [-0.25, -0.2) is 9.98 Å². The second-order valence-corrected chi connectivity index (χ2v) is 18.2. The number of hydrogen-bond acceptors (Lipinski definition) is 10. The molecule has 4 N–H and O–H groups in total. The van der Waals surface area contributed by atoms with E-state index in [2.05, 4.69) is 63.1 Å². The predicted octanol–water partition coefficient (Wildman–Crippen LogP) is 9.16. The summed E-state index contributed by atoms with van der Waals surface area (Å²) in [6, 6.07) is 26.7. The van der Waals surface area contributed by atoms with E-state index in [1.165, 1.54) is 71.7 Å². The van der Waals surface area contributed by atoms with Crippen molar-refractivity contribution in [1.82, 2.24) is 9.80 Å². The average molecular weight is 966 g/mol. The summed E-state index contributed by atoms with van der Waals surface area (Å²) in [6.45, 7) is 2.60. The number of nitrogens with zero attached hydrogens (tertiary/aromatic N) is 4. The number of ether oxygens (including phenoxy) is 2. The molecule has 2 unspecified atom stereocenters. The van der Waals surface area contributed by atoms with Crippen molar-refractivity contribution in [3.05, 3.63) is 129 Å². The van der Waals surface area contributed by atoms with E-state index >= 15 is 0 Å². The average Bonchev–Trinajstić information content (AvgIpc) is 4.19. The van der Waals surface area contributed by atoms with Gasteiger partial charge in [0.2, 0.25) is 0 Å². The van der Waals surface area contributed by atoms with Crippen LogP contribution in [-0.4, -0.2) is 79.2 Å². The van der Waals surface area contributed by atoms with Crippen molar-refractivity contribution in [2.75, 3.05) is 14.1 Å². The second kappa shape index (κ2) is 18.8. The van der Waals surface area contributed by atoms with Crippen molar-refractivity contribution in [1.29, 1.82) is 0 Å². The fraction of sp³-hybridized carbons (Fsp3) is 0.404. The van der Waals surface area contributed by atoms with Crippen molar-refractivity contribution in [2.45, 2.75) is 108 Å². The minimum atomic E-state index is -2.92. The van der Waals surface area contributed by atoms with E-state index in [1.54, 1.807) is 37.4 Å². The minimum absolute atomic E-state index is 0. The minimum Gasteiger partial charge on any atom is -0.435 e. The van der Waals surface area contributed by atoms with Crippen LogP contribution in [0.4, 0.5) is 17.6 Å². The Balaban J connectivity index is 0.000000171. The summed E-state index contributed by atoms with van der Waals surface area (Å²) in [6.07, 6.45) is 4.82. The maximum atomic E-state index is 13.2. The molecule has 12 nitrogen and oxygen atoms in total. The Bertz CT molecular complexity index is 2420. The monoisotopic (exact) mass is 964 g/mol. The number of nitrogens with two attached hydrogens (primary N) is 2. The molecule has 2 saturated carbocycles. The zero-order valence-corrected chi connectivity index (χ0v) is 37.8. The summed E-state index contributed by atoms with van der Waals surface area (Å²) in [5.41, 5.74) is 12.4. The van der Waals surface area contributed by atoms with Gasteiger partial charge in [-0.2, -0.15) is 17.6 Å². The summed E-state index contributed by atoms with van der Waals surface area (Å²) < 4.78 is 70.8. The Kier molecular flexibility index (Phi) is 14.2. The molecule has 18 heteroatoms. The number of benzene rings is 4. The number of likely N-dealkylation sites (N-methyl/N-ethyl adjacent to an activating group) is 2. The molecule has 3 heterocycles. The number of carbonyl (C=O) groups is 2. The molecule has 2 amide bonds. The zero-order valence-electron chi connectivity index (χ0n) is 36.2. The van der Waals surface area contributed by atoms with E-state index in [9.17, 15) is 27.2 Å². The number of alkyl halides is 4. The first-order valence-corrected chi connectivity index (χ1v) is 21.6. The van der Waals surface area contributed by atoms with E-state index < -0.39 is 24.3 Å². The van der Waals surface area contributed by atoms with E-state index in [4.69, 9.17) is 20.8 Å². The molecule has 0 aromatic heterocycles. The number of hydrogen-bond donors (Lipinski definition) is 2. The van der Waals surface area contributed by atoms with Crippen LogP contribution in [0.25, 0.3) is 0 Å². The zero-order chi connectivity index (χ0) is 46.4. The lowest BCUT2D eigenvalue weighted by Crippen LogP contribution is -2.41. The summed E-state index contributed by atoms with van der Waals surface area (Å²) in [5.74, 6) is 0.791. The number of amides is 2. The lowest BCUT2D eigenvalue weighted by molar-refractivity contribution is -0.130. The van der Waals surface area contributed by atoms with Crippen molar-refractivity contribution < 1.29 is 45.9 Å². The Labute approximate surface area is 385 Å². The highest BCUT2D eigenvalue weighted by atomic mass is 79.9. The highest BCUT2D eigenvalue weighted by Gasteiger charge is 2.56. The summed E-state index contributed by atoms with van der Waals surface area (Å²) in [5, 5.41) is 0. The van der Waals surface area contributed by atoms with Gasteiger partial charge < -0.3 is 30.2 Å². The third kappa shape index (κ3) is 9.89. The van der Waals surface area contributed by atoms with Crippen LogP contribution in [-0.2, 0) is 30.0 Å². The molecule has 3 fully saturated rings. The molecule has 2 atom stereocenters. The molecule has 4 aromatic rings. The van der Waals surface area contributed by atoms with E-state index in [0.29, 0.717) is 34.0 Å². The Morgan fingerprint density at radius 3 is 1.43 bits per heavy atom. The maximum absolute atomic E-state index is 13.2. The van der Waals surface area contributed by atoms with E-state index in [-0.39, 0.29) is 61.0 Å². The van der Waals surface area contributed by atoms with Crippen LogP contribution in [0.15, 0.2) is 112 Å². The topological polar surface area (TPSA) is 154 Å².